The monoisotopic (exact) mass is 282 g/mol. The maximum absolute atomic E-state index is 5.81. The van der Waals surface area contributed by atoms with E-state index in [1.807, 2.05) is 12.1 Å². The van der Waals surface area contributed by atoms with Crippen LogP contribution in [0.3, 0.4) is 0 Å². The van der Waals surface area contributed by atoms with Crippen LogP contribution in [0.2, 0.25) is 0 Å². The van der Waals surface area contributed by atoms with Crippen LogP contribution in [0.15, 0.2) is 42.5 Å². The Bertz CT molecular complexity index is 639. The molecule has 0 fully saturated rings. The van der Waals surface area contributed by atoms with Gasteiger partial charge in [-0.2, -0.15) is 0 Å². The third-order valence-corrected chi connectivity index (χ3v) is 4.29. The Hall–Kier alpha value is -2.00. The van der Waals surface area contributed by atoms with E-state index in [1.54, 1.807) is 7.11 Å². The Labute approximate surface area is 126 Å². The lowest BCUT2D eigenvalue weighted by molar-refractivity contribution is 0.415. The van der Waals surface area contributed by atoms with Crippen LogP contribution in [-0.4, -0.2) is 26.2 Å². The molecule has 1 heterocycles. The van der Waals surface area contributed by atoms with Gasteiger partial charge in [-0.3, -0.25) is 0 Å². The first kappa shape index (κ1) is 14.0. The summed E-state index contributed by atoms with van der Waals surface area (Å²) in [5.74, 6) is 0.895. The van der Waals surface area contributed by atoms with Crippen molar-refractivity contribution in [2.24, 2.45) is 5.73 Å². The molecule has 21 heavy (non-hydrogen) atoms. The van der Waals surface area contributed by atoms with Crippen LogP contribution in [0.5, 0.6) is 5.75 Å². The molecule has 2 N–H and O–H groups in total. The molecule has 0 aliphatic carbocycles. The van der Waals surface area contributed by atoms with Gasteiger partial charge in [0.2, 0.25) is 0 Å². The number of nitrogens with zero attached hydrogens (tertiary/aromatic N) is 1. The van der Waals surface area contributed by atoms with Crippen molar-refractivity contribution in [1.82, 2.24) is 0 Å². The maximum Gasteiger partial charge on any atom is 0.119 e. The number of benzene rings is 2. The zero-order valence-electron chi connectivity index (χ0n) is 12.7. The van der Waals surface area contributed by atoms with Gasteiger partial charge in [-0.15, -0.1) is 0 Å². The Balaban J connectivity index is 1.94. The van der Waals surface area contributed by atoms with E-state index in [0.29, 0.717) is 12.6 Å². The lowest BCUT2D eigenvalue weighted by atomic mass is 10.0. The van der Waals surface area contributed by atoms with Gasteiger partial charge in [-0.25, -0.2) is 0 Å². The molecule has 0 amide bonds. The van der Waals surface area contributed by atoms with Crippen molar-refractivity contribution in [3.8, 4) is 16.9 Å². The highest BCUT2D eigenvalue weighted by atomic mass is 16.5. The lowest BCUT2D eigenvalue weighted by Gasteiger charge is -2.26. The number of rotatable bonds is 4. The zero-order chi connectivity index (χ0) is 14.8. The Morgan fingerprint density at radius 2 is 2.00 bits per heavy atom. The minimum absolute atomic E-state index is 0.397. The van der Waals surface area contributed by atoms with Crippen molar-refractivity contribution < 1.29 is 4.74 Å². The molecule has 1 aliphatic rings. The summed E-state index contributed by atoms with van der Waals surface area (Å²) in [4.78, 5) is 2.41. The third kappa shape index (κ3) is 2.61. The summed E-state index contributed by atoms with van der Waals surface area (Å²) in [5.41, 5.74) is 11.0. The summed E-state index contributed by atoms with van der Waals surface area (Å²) < 4.78 is 5.31. The molecule has 2 aromatic carbocycles. The fraction of sp³-hybridized carbons (Fsp3) is 0.333. The summed E-state index contributed by atoms with van der Waals surface area (Å²) in [5, 5.41) is 0. The van der Waals surface area contributed by atoms with E-state index in [0.717, 1.165) is 18.7 Å². The Kier molecular flexibility index (Phi) is 3.84. The van der Waals surface area contributed by atoms with Gasteiger partial charge in [0.1, 0.15) is 5.75 Å². The number of fused-ring (bicyclic) bond motifs is 1. The van der Waals surface area contributed by atoms with Crippen LogP contribution in [0.1, 0.15) is 12.5 Å². The highest BCUT2D eigenvalue weighted by Gasteiger charge is 2.22. The molecule has 2 aromatic rings. The minimum atomic E-state index is 0.397. The topological polar surface area (TPSA) is 38.5 Å². The quantitative estimate of drug-likeness (QED) is 0.936. The fourth-order valence-electron chi connectivity index (χ4n) is 2.99. The molecule has 1 aliphatic heterocycles. The molecule has 0 radical (unpaired) electrons. The summed E-state index contributed by atoms with van der Waals surface area (Å²) in [6.45, 7) is 3.94. The van der Waals surface area contributed by atoms with E-state index < -0.39 is 0 Å². The van der Waals surface area contributed by atoms with Gasteiger partial charge in [0, 0.05) is 24.8 Å². The first-order valence-corrected chi connectivity index (χ1v) is 7.47. The second-order valence-corrected chi connectivity index (χ2v) is 5.60. The summed E-state index contributed by atoms with van der Waals surface area (Å²) in [6, 6.07) is 15.3. The van der Waals surface area contributed by atoms with Crippen molar-refractivity contribution in [1.29, 1.82) is 0 Å². The average Bonchev–Trinajstić information content (AvgIpc) is 2.97. The normalized spacial score (nSPS) is 14.9. The van der Waals surface area contributed by atoms with E-state index in [-0.39, 0.29) is 0 Å². The number of nitrogens with two attached hydrogens (primary N) is 1. The van der Waals surface area contributed by atoms with Crippen molar-refractivity contribution >= 4 is 5.69 Å². The van der Waals surface area contributed by atoms with Gasteiger partial charge in [-0.1, -0.05) is 18.2 Å². The lowest BCUT2D eigenvalue weighted by Crippen LogP contribution is -2.37. The van der Waals surface area contributed by atoms with Crippen molar-refractivity contribution in [2.75, 3.05) is 25.1 Å². The Morgan fingerprint density at radius 1 is 1.19 bits per heavy atom. The number of hydrogen-bond donors (Lipinski definition) is 1. The predicted octanol–water partition coefficient (Wildman–Crippen LogP) is 3.07. The van der Waals surface area contributed by atoms with Gasteiger partial charge in [0.15, 0.2) is 0 Å². The van der Waals surface area contributed by atoms with E-state index in [2.05, 4.69) is 42.2 Å². The zero-order valence-corrected chi connectivity index (χ0v) is 12.7. The third-order valence-electron chi connectivity index (χ3n) is 4.29. The average molecular weight is 282 g/mol. The van der Waals surface area contributed by atoms with Crippen LogP contribution in [0.4, 0.5) is 5.69 Å². The smallest absolute Gasteiger partial charge is 0.119 e. The van der Waals surface area contributed by atoms with Gasteiger partial charge in [-0.05, 0) is 54.3 Å². The first-order valence-electron chi connectivity index (χ1n) is 7.47. The van der Waals surface area contributed by atoms with Crippen LogP contribution in [-0.2, 0) is 6.42 Å². The molecule has 3 nitrogen and oxygen atoms in total. The molecule has 3 rings (SSSR count). The van der Waals surface area contributed by atoms with Crippen LogP contribution < -0.4 is 15.4 Å². The van der Waals surface area contributed by atoms with Crippen LogP contribution >= 0.6 is 0 Å². The SMILES string of the molecule is COc1cccc(-c2ccc3c(c2)CCN3C(C)CN)c1. The van der Waals surface area contributed by atoms with Crippen molar-refractivity contribution in [3.05, 3.63) is 48.0 Å². The second-order valence-electron chi connectivity index (χ2n) is 5.60. The molecule has 1 unspecified atom stereocenters. The van der Waals surface area contributed by atoms with E-state index in [9.17, 15) is 0 Å². The molecular weight excluding hydrogens is 260 g/mol. The summed E-state index contributed by atoms with van der Waals surface area (Å²) in [7, 11) is 1.70. The largest absolute Gasteiger partial charge is 0.497 e. The van der Waals surface area contributed by atoms with Gasteiger partial charge < -0.3 is 15.4 Å². The second kappa shape index (κ2) is 5.78. The number of methoxy groups -OCH3 is 1. The summed E-state index contributed by atoms with van der Waals surface area (Å²) >= 11 is 0. The van der Waals surface area contributed by atoms with Crippen LogP contribution in [0.25, 0.3) is 11.1 Å². The Morgan fingerprint density at radius 3 is 2.76 bits per heavy atom. The molecule has 0 saturated carbocycles. The van der Waals surface area contributed by atoms with E-state index in [4.69, 9.17) is 10.5 Å². The van der Waals surface area contributed by atoms with Gasteiger partial charge in [0.05, 0.1) is 7.11 Å². The number of ether oxygens (including phenoxy) is 1. The maximum atomic E-state index is 5.81. The van der Waals surface area contributed by atoms with E-state index >= 15 is 0 Å². The van der Waals surface area contributed by atoms with Gasteiger partial charge >= 0.3 is 0 Å². The molecule has 0 spiro atoms. The van der Waals surface area contributed by atoms with Gasteiger partial charge in [0.25, 0.3) is 0 Å². The number of hydrogen-bond acceptors (Lipinski definition) is 3. The van der Waals surface area contributed by atoms with Crippen LogP contribution in [0, 0.1) is 0 Å². The molecule has 110 valence electrons. The highest BCUT2D eigenvalue weighted by molar-refractivity contribution is 5.71. The molecule has 1 atom stereocenters. The molecule has 0 aromatic heterocycles. The number of anilines is 1. The molecular formula is C18H22N2O. The highest BCUT2D eigenvalue weighted by Crippen LogP contribution is 2.34. The fourth-order valence-corrected chi connectivity index (χ4v) is 2.99. The molecule has 0 bridgehead atoms. The summed E-state index contributed by atoms with van der Waals surface area (Å²) in [6.07, 6.45) is 1.09. The van der Waals surface area contributed by atoms with Crippen molar-refractivity contribution in [2.45, 2.75) is 19.4 Å². The first-order chi connectivity index (χ1) is 10.2. The molecule has 0 saturated heterocycles. The standard InChI is InChI=1S/C18H22N2O/c1-13(12-19)20-9-8-16-10-15(6-7-18(16)20)14-4-3-5-17(11-14)21-2/h3-7,10-11,13H,8-9,12,19H2,1-2H3. The van der Waals surface area contributed by atoms with E-state index in [1.165, 1.54) is 22.4 Å². The minimum Gasteiger partial charge on any atom is -0.497 e. The van der Waals surface area contributed by atoms with Crippen molar-refractivity contribution in [3.63, 3.8) is 0 Å². The predicted molar refractivity (Wildman–Crippen MR) is 88.0 cm³/mol. The molecule has 3 heteroatoms.